The number of hydrogen-bond donors (Lipinski definition) is 1. The van der Waals surface area contributed by atoms with Crippen LogP contribution in [0.2, 0.25) is 0 Å². The fourth-order valence-electron chi connectivity index (χ4n) is 1.57. The predicted molar refractivity (Wildman–Crippen MR) is 56.8 cm³/mol. The summed E-state index contributed by atoms with van der Waals surface area (Å²) < 4.78 is 0. The first kappa shape index (κ1) is 14.3. The molecule has 0 spiro atoms. The molecule has 1 radical (unpaired) electrons. The molecular weight excluding hydrogens is 269 g/mol. The van der Waals surface area contributed by atoms with Gasteiger partial charge in [0.1, 0.15) is 6.79 Å². The molecule has 0 bridgehead atoms. The molecule has 0 aromatic carbocycles. The second-order valence-corrected chi connectivity index (χ2v) is 3.15. The molecule has 0 saturated carbocycles. The molecule has 2 aliphatic rings. The minimum Gasteiger partial charge on any atom is -0.384 e. The van der Waals surface area contributed by atoms with E-state index in [9.17, 15) is 5.11 Å². The van der Waals surface area contributed by atoms with Gasteiger partial charge in [-0.3, -0.25) is 0 Å². The Kier molecular flexibility index (Phi) is 7.26. The van der Waals surface area contributed by atoms with Crippen LogP contribution >= 0.6 is 0 Å². The Morgan fingerprint density at radius 1 is 1.07 bits per heavy atom. The smallest absolute Gasteiger partial charge is 0.106 e. The average molecular weight is 283 g/mol. The van der Waals surface area contributed by atoms with Gasteiger partial charge in [-0.15, -0.1) is 0 Å². The molecule has 0 fully saturated rings. The fourth-order valence-corrected chi connectivity index (χ4v) is 1.57. The van der Waals surface area contributed by atoms with Gasteiger partial charge < -0.3 is 9.90 Å². The fraction of sp³-hybridized carbons (Fsp3) is 0.250. The second-order valence-electron chi connectivity index (χ2n) is 3.15. The Hall–Kier alpha value is -0.670. The third-order valence-electron chi connectivity index (χ3n) is 2.30. The van der Waals surface area contributed by atoms with Crippen molar-refractivity contribution in [3.8, 4) is 0 Å². The molecule has 0 heterocycles. The van der Waals surface area contributed by atoms with Crippen LogP contribution in [-0.4, -0.2) is 18.0 Å². The van der Waals surface area contributed by atoms with Crippen molar-refractivity contribution in [1.29, 1.82) is 0 Å². The topological polar surface area (TPSA) is 37.3 Å². The molecule has 0 unspecified atom stereocenters. The van der Waals surface area contributed by atoms with Crippen LogP contribution in [0.3, 0.4) is 0 Å². The van der Waals surface area contributed by atoms with E-state index in [1.165, 1.54) is 0 Å². The van der Waals surface area contributed by atoms with E-state index in [2.05, 4.69) is 12.2 Å². The monoisotopic (exact) mass is 283 g/mol. The van der Waals surface area contributed by atoms with Crippen molar-refractivity contribution < 1.29 is 32.3 Å². The molecule has 0 amide bonds. The summed E-state index contributed by atoms with van der Waals surface area (Å²) in [5, 5.41) is 9.83. The van der Waals surface area contributed by atoms with E-state index in [0.29, 0.717) is 0 Å². The Morgan fingerprint density at radius 3 is 1.73 bits per heavy atom. The van der Waals surface area contributed by atoms with Gasteiger partial charge in [-0.05, 0) is 24.0 Å². The Balaban J connectivity index is 0.000000617. The standard InChI is InChI=1S/C11H12O.CH2O.Nb/c12-11(9-5-1-2-6-9)10-7-3-4-8-10;1-2;/h1-5,7,11-12H,6,8H2;1H2;. The van der Waals surface area contributed by atoms with E-state index < -0.39 is 0 Å². The number of aliphatic hydroxyl groups is 1. The van der Waals surface area contributed by atoms with E-state index in [1.807, 2.05) is 31.1 Å². The molecule has 2 rings (SSSR count). The molecule has 79 valence electrons. The minimum atomic E-state index is -0.352. The third kappa shape index (κ3) is 3.76. The molecule has 2 aliphatic carbocycles. The van der Waals surface area contributed by atoms with E-state index in [-0.39, 0.29) is 28.5 Å². The maximum Gasteiger partial charge on any atom is 0.106 e. The summed E-state index contributed by atoms with van der Waals surface area (Å²) in [5.41, 5.74) is 2.23. The Morgan fingerprint density at radius 2 is 1.47 bits per heavy atom. The van der Waals surface area contributed by atoms with Crippen molar-refractivity contribution in [2.45, 2.75) is 18.9 Å². The van der Waals surface area contributed by atoms with Crippen LogP contribution in [-0.2, 0) is 27.2 Å². The number of hydrogen-bond acceptors (Lipinski definition) is 2. The van der Waals surface area contributed by atoms with Gasteiger partial charge >= 0.3 is 0 Å². The van der Waals surface area contributed by atoms with E-state index >= 15 is 0 Å². The molecule has 2 nitrogen and oxygen atoms in total. The maximum absolute atomic E-state index is 9.83. The van der Waals surface area contributed by atoms with E-state index in [4.69, 9.17) is 4.79 Å². The first-order valence-electron chi connectivity index (χ1n) is 4.56. The molecule has 0 aliphatic heterocycles. The predicted octanol–water partition coefficient (Wildman–Crippen LogP) is 1.93. The van der Waals surface area contributed by atoms with Crippen molar-refractivity contribution in [1.82, 2.24) is 0 Å². The Bertz CT molecular complexity index is 284. The zero-order valence-electron chi connectivity index (χ0n) is 8.47. The van der Waals surface area contributed by atoms with Crippen molar-refractivity contribution >= 4 is 6.79 Å². The summed E-state index contributed by atoms with van der Waals surface area (Å²) in [6.45, 7) is 2.00. The number of carbonyl (C=O) groups is 1. The molecular formula is C12H14NbO2. The van der Waals surface area contributed by atoms with Gasteiger partial charge in [0.05, 0.1) is 6.10 Å². The number of aliphatic hydroxyl groups excluding tert-OH is 1. The minimum absolute atomic E-state index is 0. The van der Waals surface area contributed by atoms with E-state index in [0.717, 1.165) is 24.0 Å². The van der Waals surface area contributed by atoms with Crippen LogP contribution in [0.1, 0.15) is 12.8 Å². The molecule has 15 heavy (non-hydrogen) atoms. The summed E-state index contributed by atoms with van der Waals surface area (Å²) in [4.78, 5) is 8.00. The maximum atomic E-state index is 9.83. The van der Waals surface area contributed by atoms with Gasteiger partial charge in [0.25, 0.3) is 0 Å². The van der Waals surface area contributed by atoms with Crippen LogP contribution < -0.4 is 0 Å². The quantitative estimate of drug-likeness (QED) is 0.786. The first-order chi connectivity index (χ1) is 6.88. The molecule has 0 aromatic rings. The van der Waals surface area contributed by atoms with Crippen LogP contribution in [0.15, 0.2) is 47.6 Å². The van der Waals surface area contributed by atoms with Crippen molar-refractivity contribution in [2.75, 3.05) is 0 Å². The van der Waals surface area contributed by atoms with Crippen LogP contribution in [0, 0.1) is 0 Å². The van der Waals surface area contributed by atoms with Gasteiger partial charge in [0.2, 0.25) is 0 Å². The van der Waals surface area contributed by atoms with Gasteiger partial charge in [-0.1, -0.05) is 36.5 Å². The van der Waals surface area contributed by atoms with Crippen molar-refractivity contribution in [3.63, 3.8) is 0 Å². The van der Waals surface area contributed by atoms with Gasteiger partial charge in [-0.2, -0.15) is 0 Å². The summed E-state index contributed by atoms with van der Waals surface area (Å²) >= 11 is 0. The zero-order chi connectivity index (χ0) is 10.4. The van der Waals surface area contributed by atoms with Crippen LogP contribution in [0.25, 0.3) is 0 Å². The first-order valence-corrected chi connectivity index (χ1v) is 4.56. The van der Waals surface area contributed by atoms with Crippen LogP contribution in [0.5, 0.6) is 0 Å². The number of carbonyl (C=O) groups excluding carboxylic acids is 1. The molecule has 0 aromatic heterocycles. The average Bonchev–Trinajstić information content (AvgIpc) is 2.93. The summed E-state index contributed by atoms with van der Waals surface area (Å²) in [5.74, 6) is 0. The number of allylic oxidation sites excluding steroid dienone is 6. The van der Waals surface area contributed by atoms with Crippen LogP contribution in [0.4, 0.5) is 0 Å². The molecule has 0 atom stereocenters. The molecule has 1 N–H and O–H groups in total. The van der Waals surface area contributed by atoms with E-state index in [1.54, 1.807) is 0 Å². The Labute approximate surface area is 106 Å². The third-order valence-corrected chi connectivity index (χ3v) is 2.30. The SMILES string of the molecule is C=O.OC(C1=CC=CC1)C1=CC=CC1.[Nb]. The van der Waals surface area contributed by atoms with Gasteiger partial charge in [-0.25, -0.2) is 0 Å². The van der Waals surface area contributed by atoms with Crippen molar-refractivity contribution in [2.24, 2.45) is 0 Å². The molecule has 0 saturated heterocycles. The zero-order valence-corrected chi connectivity index (χ0v) is 10.7. The molecule has 3 heteroatoms. The summed E-state index contributed by atoms with van der Waals surface area (Å²) in [6.07, 6.45) is 13.6. The summed E-state index contributed by atoms with van der Waals surface area (Å²) in [6, 6.07) is 0. The number of rotatable bonds is 2. The normalized spacial score (nSPS) is 16.7. The largest absolute Gasteiger partial charge is 0.384 e. The van der Waals surface area contributed by atoms with Gasteiger partial charge in [0, 0.05) is 22.4 Å². The second kappa shape index (κ2) is 7.60. The van der Waals surface area contributed by atoms with Crippen molar-refractivity contribution in [3.05, 3.63) is 47.6 Å². The summed E-state index contributed by atoms with van der Waals surface area (Å²) in [7, 11) is 0. The van der Waals surface area contributed by atoms with Gasteiger partial charge in [0.15, 0.2) is 0 Å².